The summed E-state index contributed by atoms with van der Waals surface area (Å²) >= 11 is 6.04. The van der Waals surface area contributed by atoms with Gasteiger partial charge in [-0.15, -0.1) is 0 Å². The molecule has 0 aliphatic carbocycles. The first-order valence-electron chi connectivity index (χ1n) is 31.8. The van der Waals surface area contributed by atoms with E-state index < -0.39 is 142 Å². The third-order valence-corrected chi connectivity index (χ3v) is 44.5. The van der Waals surface area contributed by atoms with Crippen molar-refractivity contribution in [2.45, 2.75) is 237 Å². The van der Waals surface area contributed by atoms with Gasteiger partial charge in [-0.05, 0) is 111 Å². The first kappa shape index (κ1) is 75.4. The number of H-pyrrole nitrogens is 1. The van der Waals surface area contributed by atoms with Crippen molar-refractivity contribution in [3.63, 3.8) is 0 Å². The van der Waals surface area contributed by atoms with E-state index in [9.17, 15) is 19.3 Å². The average Bonchev–Trinajstić information content (AvgIpc) is 1.21. The minimum absolute atomic E-state index is 0.0264. The highest BCUT2D eigenvalue weighted by Gasteiger charge is 2.58. The van der Waals surface area contributed by atoms with Crippen LogP contribution >= 0.6 is 6.72 Å². The third kappa shape index (κ3) is 16.2. The van der Waals surface area contributed by atoms with Crippen molar-refractivity contribution in [1.82, 2.24) is 18.7 Å². The van der Waals surface area contributed by atoms with Gasteiger partial charge in [-0.3, -0.25) is 33.0 Å². The maximum absolute atomic E-state index is 15.5. The number of nitrogens with one attached hydrogen (secondary N) is 1. The Bertz CT molecular complexity index is 3660. The van der Waals surface area contributed by atoms with E-state index in [0.29, 0.717) is 10.1 Å². The first-order valence-corrected chi connectivity index (χ1v) is 47.9. The van der Waals surface area contributed by atoms with E-state index in [1.54, 1.807) is 24.3 Å². The summed E-state index contributed by atoms with van der Waals surface area (Å²) in [6.07, 6.45) is -6.36. The number of carbonyl (C=O) groups excluding carboxylic acids is 1. The molecule has 0 bridgehead atoms. The van der Waals surface area contributed by atoms with Crippen molar-refractivity contribution >= 4 is 76.4 Å². The minimum atomic E-state index is -4.49. The van der Waals surface area contributed by atoms with Crippen LogP contribution < -0.4 is 32.9 Å². The molecule has 5 aromatic rings. The lowest BCUT2D eigenvalue weighted by atomic mass is 10.1. The Hall–Kier alpha value is -3.98. The summed E-state index contributed by atoms with van der Waals surface area (Å²) < 4.78 is 66.1. The van der Waals surface area contributed by atoms with Crippen LogP contribution in [0.15, 0.2) is 129 Å². The molecule has 92 heavy (non-hydrogen) atoms. The molecule has 0 saturated carbocycles. The van der Waals surface area contributed by atoms with Crippen LogP contribution in [0.25, 0.3) is 0 Å². The van der Waals surface area contributed by atoms with E-state index >= 15 is 9.59 Å². The maximum atomic E-state index is 15.5. The Balaban J connectivity index is 1.31. The lowest BCUT2D eigenvalue weighted by molar-refractivity contribution is -0.0561. The van der Waals surface area contributed by atoms with Crippen molar-refractivity contribution in [3.05, 3.63) is 162 Å². The zero-order chi connectivity index (χ0) is 69.0. The SMILES string of the molecule is CC(C)(C)[Si](C)(C)OC[C@H]1O[C@@H](n2ccc(=O)n(C(=O)c3ccccc3CO[Si](c3ccccc3)(c3ccccc3)C(C)(C)C)c2=O)[C@H](O[Si](C)(C)C(C)(C)C)[C@@H]1OP(O)(=S)OC[C@H]1O[C@@H](n2ccc(=O)[nH]c2=O)[C@H](O[Si](C)(C)C(C)(C)C)[C@@H]1O[Si](C)(C)C(C)(C)C. The number of hydrogen-bond acceptors (Lipinski definition) is 15. The second-order valence-electron chi connectivity index (χ2n) is 31.7. The van der Waals surface area contributed by atoms with Crippen LogP contribution in [-0.2, 0) is 59.1 Å². The molecule has 26 heteroatoms. The second-order valence-corrected chi connectivity index (χ2v) is 57.8. The molecule has 0 spiro atoms. The Morgan fingerprint density at radius 1 is 0.543 bits per heavy atom. The van der Waals surface area contributed by atoms with Crippen molar-refractivity contribution in [2.75, 3.05) is 13.2 Å². The highest BCUT2D eigenvalue weighted by Crippen LogP contribution is 2.53. The average molecular weight is 1400 g/mol. The van der Waals surface area contributed by atoms with Gasteiger partial charge in [-0.25, -0.2) is 9.59 Å². The molecule has 2 N–H and O–H groups in total. The van der Waals surface area contributed by atoms with Gasteiger partial charge >= 0.3 is 18.1 Å². The Kier molecular flexibility index (Phi) is 22.5. The van der Waals surface area contributed by atoms with Gasteiger partial charge in [-0.1, -0.05) is 183 Å². The predicted molar refractivity (Wildman–Crippen MR) is 379 cm³/mol. The van der Waals surface area contributed by atoms with Gasteiger partial charge in [0.2, 0.25) is 0 Å². The molecule has 3 aromatic carbocycles. The number of nitrogens with zero attached hydrogens (tertiary/aromatic N) is 3. The molecule has 2 aliphatic heterocycles. The van der Waals surface area contributed by atoms with Crippen LogP contribution in [0.3, 0.4) is 0 Å². The highest BCUT2D eigenvalue weighted by atomic mass is 32.5. The van der Waals surface area contributed by atoms with E-state index in [4.69, 9.17) is 52.5 Å². The Morgan fingerprint density at radius 2 is 0.978 bits per heavy atom. The van der Waals surface area contributed by atoms with E-state index in [2.05, 4.69) is 172 Å². The second kappa shape index (κ2) is 27.5. The van der Waals surface area contributed by atoms with Gasteiger partial charge in [0.1, 0.15) is 36.6 Å². The van der Waals surface area contributed by atoms with Gasteiger partial charge in [0.05, 0.1) is 19.8 Å². The molecule has 7 rings (SSSR count). The van der Waals surface area contributed by atoms with Crippen molar-refractivity contribution in [3.8, 4) is 0 Å². The van der Waals surface area contributed by atoms with E-state index in [-0.39, 0.29) is 33.9 Å². The first-order chi connectivity index (χ1) is 42.1. The van der Waals surface area contributed by atoms with Crippen molar-refractivity contribution in [2.24, 2.45) is 0 Å². The summed E-state index contributed by atoms with van der Waals surface area (Å²) in [5.41, 5.74) is -2.64. The minimum Gasteiger partial charge on any atom is -0.414 e. The number of ether oxygens (including phenoxy) is 2. The number of hydrogen-bond donors (Lipinski definition) is 2. The van der Waals surface area contributed by atoms with E-state index in [1.165, 1.54) is 27.6 Å². The van der Waals surface area contributed by atoms with E-state index in [0.717, 1.165) is 16.4 Å². The lowest BCUT2D eigenvalue weighted by Crippen LogP contribution is -2.66. The van der Waals surface area contributed by atoms with Crippen LogP contribution in [0.5, 0.6) is 0 Å². The smallest absolute Gasteiger partial charge is 0.340 e. The highest BCUT2D eigenvalue weighted by molar-refractivity contribution is 8.07. The molecule has 1 unspecified atom stereocenters. The fourth-order valence-corrected chi connectivity index (χ4v) is 21.4. The Labute approximate surface area is 554 Å². The van der Waals surface area contributed by atoms with Crippen molar-refractivity contribution in [1.29, 1.82) is 0 Å². The fraction of sp³-hybridized carbons (Fsp3) is 0.591. The predicted octanol–water partition coefficient (Wildman–Crippen LogP) is 11.9. The molecular weight excluding hydrogens is 1290 g/mol. The third-order valence-electron chi connectivity index (χ3n) is 20.1. The molecule has 2 aromatic heterocycles. The van der Waals surface area contributed by atoms with Crippen LogP contribution in [0.1, 0.15) is 132 Å². The number of benzene rings is 3. The maximum Gasteiger partial charge on any atom is 0.340 e. The molecule has 0 amide bonds. The van der Waals surface area contributed by atoms with Gasteiger partial charge in [-0.2, -0.15) is 4.57 Å². The number of rotatable bonds is 22. The molecule has 9 atom stereocenters. The van der Waals surface area contributed by atoms with Gasteiger partial charge in [0.15, 0.2) is 45.7 Å². The summed E-state index contributed by atoms with van der Waals surface area (Å²) in [6.45, 7) is 43.1. The quantitative estimate of drug-likeness (QED) is 0.0486. The fourth-order valence-electron chi connectivity index (χ4n) is 10.5. The summed E-state index contributed by atoms with van der Waals surface area (Å²) in [6, 6.07) is 29.4. The lowest BCUT2D eigenvalue weighted by Gasteiger charge is -2.44. The number of aromatic amines is 1. The van der Waals surface area contributed by atoms with Crippen molar-refractivity contribution < 1.29 is 50.3 Å². The van der Waals surface area contributed by atoms with Gasteiger partial charge < -0.3 is 41.0 Å². The van der Waals surface area contributed by atoms with Crippen LogP contribution in [0, 0.1) is 0 Å². The van der Waals surface area contributed by atoms with Gasteiger partial charge in [0.25, 0.3) is 25.3 Å². The molecule has 4 heterocycles. The zero-order valence-corrected chi connectivity index (χ0v) is 65.2. The topological polar surface area (TPSA) is 219 Å². The summed E-state index contributed by atoms with van der Waals surface area (Å²) in [5.74, 6) is -0.879. The molecule has 2 saturated heterocycles. The normalized spacial score (nSPS) is 22.4. The monoisotopic (exact) mass is 1390 g/mol. The standard InChI is InChI=1S/C66H103N4O15PSSi5/c1-62(2,3)88(16,17)78-44-50-53(82-86(76,87)77-43-49-54(83-89(18,19)63(4,5)6)56(85-91(22,23)65(10,11)12)58(80-49)68-40-38-51(71)67-60(68)74)55(84-90(20,21)64(7,8)9)59(81-50)69-41-39-52(72)70(61(69)75)57(73)48-37-31-30-32-45(48)42-79-92(66(13,14)15,46-33-26-24-27-34-46)47-35-28-25-29-36-47/h24-41,49-50,53-56,58-59H,42-44H2,1-23H3,(H,76,87)(H,67,71,74)/t49-,50-,53-,54-,55-,56-,58-,59-,86?/m1/s1. The summed E-state index contributed by atoms with van der Waals surface area (Å²) in [5, 5.41) is 0.351. The number of carbonyl (C=O) groups is 1. The van der Waals surface area contributed by atoms with E-state index in [1.807, 2.05) is 49.5 Å². The van der Waals surface area contributed by atoms with Crippen LogP contribution in [-0.4, -0.2) is 121 Å². The molecule has 508 valence electrons. The van der Waals surface area contributed by atoms with Gasteiger partial charge in [0, 0.05) is 30.1 Å². The van der Waals surface area contributed by atoms with Crippen LogP contribution in [0.2, 0.25) is 77.6 Å². The molecule has 19 nitrogen and oxygen atoms in total. The number of aromatic nitrogens is 4. The Morgan fingerprint density at radius 3 is 1.46 bits per heavy atom. The molecule has 2 aliphatic rings. The summed E-state index contributed by atoms with van der Waals surface area (Å²) in [4.78, 5) is 86.3. The molecular formula is C66H103N4O15PSSi5. The molecule has 0 radical (unpaired) electrons. The zero-order valence-electron chi connectivity index (χ0n) is 58.5. The van der Waals surface area contributed by atoms with Crippen LogP contribution in [0.4, 0.5) is 0 Å². The molecule has 2 fully saturated rings. The summed E-state index contributed by atoms with van der Waals surface area (Å²) in [7, 11) is -14.1. The largest absolute Gasteiger partial charge is 0.414 e.